The summed E-state index contributed by atoms with van der Waals surface area (Å²) in [7, 11) is 1.53. The number of ether oxygens (including phenoxy) is 8. The zero-order valence-corrected chi connectivity index (χ0v) is 22.4. The Morgan fingerprint density at radius 1 is 0.895 bits per heavy atom. The molecule has 0 N–H and O–H groups in total. The molecule has 4 unspecified atom stereocenters. The lowest BCUT2D eigenvalue weighted by Gasteiger charge is -2.18. The molecule has 2 heterocycles. The monoisotopic (exact) mass is 546 g/mol. The molecule has 216 valence electrons. The number of carbonyl (C=O) groups excluding carboxylic acids is 5. The number of hydrogen-bond acceptors (Lipinski definition) is 13. The molecule has 2 aliphatic rings. The van der Waals surface area contributed by atoms with Crippen LogP contribution < -0.4 is 0 Å². The third-order valence-electron chi connectivity index (χ3n) is 5.40. The van der Waals surface area contributed by atoms with Crippen LogP contribution >= 0.6 is 0 Å². The van der Waals surface area contributed by atoms with Crippen molar-refractivity contribution >= 4 is 30.2 Å². The van der Waals surface area contributed by atoms with E-state index in [-0.39, 0.29) is 63.1 Å². The third-order valence-corrected chi connectivity index (χ3v) is 5.40. The van der Waals surface area contributed by atoms with E-state index in [1.54, 1.807) is 13.8 Å². The molecule has 13 nitrogen and oxygen atoms in total. The Kier molecular flexibility index (Phi) is 15.5. The molecule has 0 radical (unpaired) electrons. The van der Waals surface area contributed by atoms with Crippen molar-refractivity contribution in [2.24, 2.45) is 11.8 Å². The van der Waals surface area contributed by atoms with Crippen LogP contribution in [0.15, 0.2) is 12.2 Å². The van der Waals surface area contributed by atoms with E-state index in [1.165, 1.54) is 7.11 Å². The lowest BCUT2D eigenvalue weighted by atomic mass is 9.94. The van der Waals surface area contributed by atoms with Gasteiger partial charge in [-0.2, -0.15) is 0 Å². The summed E-state index contributed by atoms with van der Waals surface area (Å²) < 4.78 is 38.7. The Morgan fingerprint density at radius 3 is 1.87 bits per heavy atom. The third kappa shape index (κ3) is 13.3. The largest absolute Gasteiger partial charge is 0.508 e. The number of hydrogen-bond donors (Lipinski definition) is 0. The maximum atomic E-state index is 12.1. The highest BCUT2D eigenvalue weighted by molar-refractivity contribution is 5.86. The summed E-state index contributed by atoms with van der Waals surface area (Å²) in [5.41, 5.74) is 0.352. The Bertz CT molecular complexity index is 809. The molecule has 0 aromatic carbocycles. The zero-order valence-electron chi connectivity index (χ0n) is 22.4. The van der Waals surface area contributed by atoms with E-state index < -0.39 is 24.2 Å². The first-order valence-electron chi connectivity index (χ1n) is 12.4. The van der Waals surface area contributed by atoms with Crippen LogP contribution in [0, 0.1) is 11.8 Å². The zero-order chi connectivity index (χ0) is 28.5. The second-order valence-electron chi connectivity index (χ2n) is 8.67. The minimum Gasteiger partial charge on any atom is -0.465 e. The predicted molar refractivity (Wildman–Crippen MR) is 129 cm³/mol. The highest BCUT2D eigenvalue weighted by Crippen LogP contribution is 2.19. The maximum absolute atomic E-state index is 12.1. The summed E-state index contributed by atoms with van der Waals surface area (Å²) in [6, 6.07) is 0. The van der Waals surface area contributed by atoms with Crippen molar-refractivity contribution < 1.29 is 61.9 Å². The second kappa shape index (κ2) is 18.0. The normalized spacial score (nSPS) is 19.4. The highest BCUT2D eigenvalue weighted by Gasteiger charge is 2.28. The maximum Gasteiger partial charge on any atom is 0.508 e. The molecule has 0 spiro atoms. The number of carbonyl (C=O) groups is 5. The van der Waals surface area contributed by atoms with E-state index in [2.05, 4.69) is 16.1 Å². The van der Waals surface area contributed by atoms with Gasteiger partial charge < -0.3 is 37.9 Å². The summed E-state index contributed by atoms with van der Waals surface area (Å²) in [6.45, 7) is 9.87. The fraction of sp³-hybridized carbons (Fsp3) is 0.720. The molecule has 2 saturated heterocycles. The second-order valence-corrected chi connectivity index (χ2v) is 8.67. The van der Waals surface area contributed by atoms with Crippen molar-refractivity contribution in [1.29, 1.82) is 0 Å². The Hall–Kier alpha value is -3.35. The predicted octanol–water partition coefficient (Wildman–Crippen LogP) is 2.73. The van der Waals surface area contributed by atoms with Gasteiger partial charge in [0, 0.05) is 25.5 Å². The van der Waals surface area contributed by atoms with Crippen LogP contribution in [0.5, 0.6) is 0 Å². The number of cyclic esters (lactones) is 4. The molecule has 0 bridgehead atoms. The lowest BCUT2D eigenvalue weighted by Crippen LogP contribution is -2.25. The molecule has 4 atom stereocenters. The van der Waals surface area contributed by atoms with Crippen molar-refractivity contribution in [3.8, 4) is 0 Å². The Labute approximate surface area is 222 Å². The van der Waals surface area contributed by atoms with Crippen molar-refractivity contribution in [3.63, 3.8) is 0 Å². The van der Waals surface area contributed by atoms with Crippen LogP contribution in [0.25, 0.3) is 0 Å². The van der Waals surface area contributed by atoms with Gasteiger partial charge in [-0.05, 0) is 19.8 Å². The van der Waals surface area contributed by atoms with Crippen LogP contribution in [-0.4, -0.2) is 89.2 Å². The molecule has 0 aromatic heterocycles. The van der Waals surface area contributed by atoms with Crippen molar-refractivity contribution in [3.05, 3.63) is 12.2 Å². The summed E-state index contributed by atoms with van der Waals surface area (Å²) in [5.74, 6) is -1.93. The number of esters is 3. The summed E-state index contributed by atoms with van der Waals surface area (Å²) in [5, 5.41) is 0. The average Bonchev–Trinajstić information content (AvgIpc) is 3.49. The number of methoxy groups -OCH3 is 1. The summed E-state index contributed by atoms with van der Waals surface area (Å²) >= 11 is 0. The molecule has 0 aromatic rings. The SMILES string of the molecule is C=C(C)C(=O)OCCC1COC(=O)O1.CCC(CC(C)C(=O)OCCOC)C(=O)OCCC1COC(=O)O1. The van der Waals surface area contributed by atoms with Crippen LogP contribution in [0.1, 0.15) is 46.5 Å². The van der Waals surface area contributed by atoms with Gasteiger partial charge in [0.15, 0.2) is 0 Å². The average molecular weight is 547 g/mol. The lowest BCUT2D eigenvalue weighted by molar-refractivity contribution is -0.153. The van der Waals surface area contributed by atoms with E-state index in [1.807, 2.05) is 6.92 Å². The Morgan fingerprint density at radius 2 is 1.42 bits per heavy atom. The molecule has 0 amide bonds. The van der Waals surface area contributed by atoms with Crippen molar-refractivity contribution in [2.75, 3.05) is 46.8 Å². The van der Waals surface area contributed by atoms with E-state index in [0.717, 1.165) is 0 Å². The molecule has 38 heavy (non-hydrogen) atoms. The molecular weight excluding hydrogens is 508 g/mol. The molecule has 2 fully saturated rings. The molecular formula is C25H38O13. The van der Waals surface area contributed by atoms with Gasteiger partial charge in [-0.15, -0.1) is 0 Å². The topological polar surface area (TPSA) is 159 Å². The molecule has 13 heteroatoms. The fourth-order valence-corrected chi connectivity index (χ4v) is 3.15. The first-order chi connectivity index (χ1) is 18.1. The van der Waals surface area contributed by atoms with E-state index in [4.69, 9.17) is 28.4 Å². The van der Waals surface area contributed by atoms with Gasteiger partial charge in [-0.3, -0.25) is 9.59 Å². The van der Waals surface area contributed by atoms with Gasteiger partial charge in [0.2, 0.25) is 0 Å². The minimum atomic E-state index is -0.696. The minimum absolute atomic E-state index is 0.142. The standard InChI is InChI=1S/C16H26O8.C9H12O5/c1-4-12(9-11(2)14(17)22-8-7-20-3)15(18)21-6-5-13-10-23-16(19)24-13;1-6(2)8(10)12-4-3-7-5-13-9(11)14-7/h11-13H,4-10H2,1-3H3;7H,1,3-5H2,2H3. The van der Waals surface area contributed by atoms with Crippen LogP contribution in [0.2, 0.25) is 0 Å². The van der Waals surface area contributed by atoms with E-state index >= 15 is 0 Å². The Balaban J connectivity index is 0.000000437. The highest BCUT2D eigenvalue weighted by atomic mass is 16.8. The first-order valence-corrected chi connectivity index (χ1v) is 12.4. The molecule has 0 aliphatic carbocycles. The van der Waals surface area contributed by atoms with Crippen molar-refractivity contribution in [1.82, 2.24) is 0 Å². The van der Waals surface area contributed by atoms with Gasteiger partial charge in [0.05, 0.1) is 31.7 Å². The smallest absolute Gasteiger partial charge is 0.465 e. The first kappa shape index (κ1) is 32.7. The molecule has 2 rings (SSSR count). The van der Waals surface area contributed by atoms with Gasteiger partial charge in [0.25, 0.3) is 0 Å². The van der Waals surface area contributed by atoms with Crippen LogP contribution in [-0.2, 0) is 52.3 Å². The van der Waals surface area contributed by atoms with Gasteiger partial charge in [-0.1, -0.05) is 20.4 Å². The van der Waals surface area contributed by atoms with Gasteiger partial charge in [0.1, 0.15) is 32.0 Å². The van der Waals surface area contributed by atoms with Gasteiger partial charge in [-0.25, -0.2) is 14.4 Å². The van der Waals surface area contributed by atoms with Crippen molar-refractivity contribution in [2.45, 2.75) is 58.7 Å². The molecule has 2 aliphatic heterocycles. The van der Waals surface area contributed by atoms with E-state index in [9.17, 15) is 24.0 Å². The quantitative estimate of drug-likeness (QED) is 0.128. The van der Waals surface area contributed by atoms with Gasteiger partial charge >= 0.3 is 30.2 Å². The fourth-order valence-electron chi connectivity index (χ4n) is 3.15. The summed E-state index contributed by atoms with van der Waals surface area (Å²) in [4.78, 5) is 56.1. The van der Waals surface area contributed by atoms with Crippen LogP contribution in [0.4, 0.5) is 9.59 Å². The van der Waals surface area contributed by atoms with E-state index in [0.29, 0.717) is 37.9 Å². The number of rotatable bonds is 15. The summed E-state index contributed by atoms with van der Waals surface area (Å²) in [6.07, 6.45) is -0.272. The van der Waals surface area contributed by atoms with Crippen LogP contribution in [0.3, 0.4) is 0 Å². The molecule has 0 saturated carbocycles.